The van der Waals surface area contributed by atoms with Crippen molar-refractivity contribution in [2.75, 3.05) is 13.7 Å². The van der Waals surface area contributed by atoms with Gasteiger partial charge in [-0.2, -0.15) is 13.2 Å². The minimum absolute atomic E-state index is 0.000819. The minimum Gasteiger partial charge on any atom is -0.495 e. The number of aliphatic hydroxyl groups excluding tert-OH is 2. The third-order valence-corrected chi connectivity index (χ3v) is 6.67. The molecule has 40 heavy (non-hydrogen) atoms. The van der Waals surface area contributed by atoms with Crippen molar-refractivity contribution in [3.05, 3.63) is 58.2 Å². The largest absolute Gasteiger partial charge is 0.495 e. The highest BCUT2D eigenvalue weighted by molar-refractivity contribution is 6.32. The fraction of sp³-hybridized carbons (Fsp3) is 0.360. The summed E-state index contributed by atoms with van der Waals surface area (Å²) in [5.74, 6) is 0.224. The molecule has 3 aromatic rings. The summed E-state index contributed by atoms with van der Waals surface area (Å²) in [6.07, 6.45) is -6.68. The van der Waals surface area contributed by atoms with Gasteiger partial charge in [0.25, 0.3) is 0 Å². The first-order valence-corrected chi connectivity index (χ1v) is 12.6. The summed E-state index contributed by atoms with van der Waals surface area (Å²) >= 11 is 12.1. The first-order valence-electron chi connectivity index (χ1n) is 11.9. The van der Waals surface area contributed by atoms with E-state index >= 15 is 0 Å². The summed E-state index contributed by atoms with van der Waals surface area (Å²) in [6.45, 7) is 0.828. The van der Waals surface area contributed by atoms with Crippen LogP contribution in [0.15, 0.2) is 52.6 Å². The Morgan fingerprint density at radius 2 is 2.00 bits per heavy atom. The van der Waals surface area contributed by atoms with Crippen molar-refractivity contribution in [1.82, 2.24) is 15.0 Å². The van der Waals surface area contributed by atoms with Crippen molar-refractivity contribution < 1.29 is 32.9 Å². The van der Waals surface area contributed by atoms with E-state index in [1.54, 1.807) is 24.4 Å². The molecule has 0 bridgehead atoms. The number of amidine groups is 2. The first kappa shape index (κ1) is 29.7. The molecule has 1 aliphatic heterocycles. The lowest BCUT2D eigenvalue weighted by Gasteiger charge is -2.38. The van der Waals surface area contributed by atoms with Gasteiger partial charge in [-0.15, -0.1) is 5.10 Å². The molecule has 1 saturated heterocycles. The molecule has 0 amide bonds. The van der Waals surface area contributed by atoms with Gasteiger partial charge in [-0.1, -0.05) is 34.5 Å². The zero-order valence-electron chi connectivity index (χ0n) is 21.2. The number of aliphatic hydroxyl groups is 2. The Morgan fingerprint density at radius 3 is 2.65 bits per heavy atom. The fourth-order valence-corrected chi connectivity index (χ4v) is 4.60. The van der Waals surface area contributed by atoms with Crippen LogP contribution in [-0.4, -0.2) is 68.9 Å². The molecule has 0 spiro atoms. The number of methoxy groups -OCH3 is 1. The number of hydrogen-bond donors (Lipinski definition) is 3. The predicted molar refractivity (Wildman–Crippen MR) is 143 cm³/mol. The molecule has 2 aromatic carbocycles. The van der Waals surface area contributed by atoms with E-state index in [0.717, 1.165) is 18.2 Å². The summed E-state index contributed by atoms with van der Waals surface area (Å²) < 4.78 is 53.5. The molecule has 15 heteroatoms. The van der Waals surface area contributed by atoms with Crippen LogP contribution in [0.25, 0.3) is 11.3 Å². The number of benzene rings is 2. The van der Waals surface area contributed by atoms with Gasteiger partial charge in [-0.25, -0.2) is 14.7 Å². The summed E-state index contributed by atoms with van der Waals surface area (Å²) in [5, 5.41) is 29.6. The molecule has 0 radical (unpaired) electrons. The Labute approximate surface area is 236 Å². The van der Waals surface area contributed by atoms with Crippen molar-refractivity contribution in [2.45, 2.75) is 43.9 Å². The van der Waals surface area contributed by atoms with Gasteiger partial charge in [0.1, 0.15) is 29.8 Å². The average molecular weight is 601 g/mol. The molecular weight excluding hydrogens is 576 g/mol. The molecule has 0 saturated carbocycles. The minimum atomic E-state index is -4.72. The number of halogens is 5. The van der Waals surface area contributed by atoms with E-state index in [-0.39, 0.29) is 23.1 Å². The Balaban J connectivity index is 1.73. The quantitative estimate of drug-likeness (QED) is 0.280. The maximum atomic E-state index is 13.7. The van der Waals surface area contributed by atoms with E-state index in [4.69, 9.17) is 38.4 Å². The van der Waals surface area contributed by atoms with Crippen LogP contribution in [0.2, 0.25) is 10.0 Å². The fourth-order valence-electron chi connectivity index (χ4n) is 4.24. The Morgan fingerprint density at radius 1 is 1.25 bits per heavy atom. The van der Waals surface area contributed by atoms with Gasteiger partial charge in [0, 0.05) is 17.0 Å². The van der Waals surface area contributed by atoms with Crippen LogP contribution >= 0.6 is 23.2 Å². The van der Waals surface area contributed by atoms with E-state index in [1.807, 2.05) is 0 Å². The summed E-state index contributed by atoms with van der Waals surface area (Å²) in [5.41, 5.74) is 5.31. The van der Waals surface area contributed by atoms with E-state index in [1.165, 1.54) is 18.7 Å². The highest BCUT2D eigenvalue weighted by atomic mass is 35.5. The average Bonchev–Trinajstić information content (AvgIpc) is 3.38. The number of nitrogens with zero attached hydrogens (tertiary/aromatic N) is 5. The lowest BCUT2D eigenvalue weighted by atomic mass is 9.95. The van der Waals surface area contributed by atoms with Crippen LogP contribution in [0.1, 0.15) is 24.9 Å². The molecular formula is C25H25Cl2F3N6O4. The number of nitrogens with two attached hydrogens (primary N) is 1. The van der Waals surface area contributed by atoms with Gasteiger partial charge in [0.05, 0.1) is 48.1 Å². The normalized spacial score (nSPS) is 22.4. The van der Waals surface area contributed by atoms with Crippen LogP contribution in [0, 0.1) is 0 Å². The maximum absolute atomic E-state index is 13.7. The number of aliphatic imine (C=N–C) groups is 2. The highest BCUT2D eigenvalue weighted by Gasteiger charge is 2.42. The molecule has 4 N–H and O–H groups in total. The molecule has 1 fully saturated rings. The molecule has 1 aromatic heterocycles. The van der Waals surface area contributed by atoms with Crippen molar-refractivity contribution >= 4 is 40.6 Å². The van der Waals surface area contributed by atoms with E-state index in [0.29, 0.717) is 22.0 Å². The van der Waals surface area contributed by atoms with Crippen LogP contribution < -0.4 is 10.5 Å². The van der Waals surface area contributed by atoms with Crippen LogP contribution in [0.4, 0.5) is 18.9 Å². The standard InChI is InChI=1S/C25H25Cl2F3N6O4/c1-12(31)32-24(33-17-8-14(26)4-5-15(17)25(28,29)30)21-9-19(23(38)22(11-37)40-21)36-10-18(34-35-36)13-3-6-16(27)20(7-13)39-2/h3-8,10,19,21-23,37-38H,9,11H2,1-2H3,(H2,31,32,33). The molecule has 2 heterocycles. The second-order valence-electron chi connectivity index (χ2n) is 8.95. The smallest absolute Gasteiger partial charge is 0.418 e. The summed E-state index contributed by atoms with van der Waals surface area (Å²) in [6, 6.07) is 7.15. The second kappa shape index (κ2) is 12.1. The van der Waals surface area contributed by atoms with E-state index in [2.05, 4.69) is 20.3 Å². The third-order valence-electron chi connectivity index (χ3n) is 6.13. The van der Waals surface area contributed by atoms with Gasteiger partial charge < -0.3 is 25.4 Å². The number of rotatable bonds is 6. The van der Waals surface area contributed by atoms with Gasteiger partial charge in [0.2, 0.25) is 0 Å². The van der Waals surface area contributed by atoms with Gasteiger partial charge in [-0.05, 0) is 37.3 Å². The lowest BCUT2D eigenvalue weighted by molar-refractivity contribution is -0.137. The predicted octanol–water partition coefficient (Wildman–Crippen LogP) is 4.44. The monoisotopic (exact) mass is 600 g/mol. The van der Waals surface area contributed by atoms with Crippen molar-refractivity contribution in [3.8, 4) is 17.0 Å². The van der Waals surface area contributed by atoms with Gasteiger partial charge >= 0.3 is 6.18 Å². The SMILES string of the molecule is COc1cc(-c2cn(C3CC(C(N=C(C)N)=Nc4cc(Cl)ccc4C(F)(F)F)OC(CO)C3O)nn2)ccc1Cl. The second-order valence-corrected chi connectivity index (χ2v) is 9.80. The molecule has 4 unspecified atom stereocenters. The maximum Gasteiger partial charge on any atom is 0.418 e. The third kappa shape index (κ3) is 6.56. The number of hydrogen-bond acceptors (Lipinski definition) is 7. The topological polar surface area (TPSA) is 140 Å². The number of ether oxygens (including phenoxy) is 2. The summed E-state index contributed by atoms with van der Waals surface area (Å²) in [4.78, 5) is 8.26. The van der Waals surface area contributed by atoms with Crippen LogP contribution in [-0.2, 0) is 10.9 Å². The molecule has 10 nitrogen and oxygen atoms in total. The Bertz CT molecular complexity index is 1430. The van der Waals surface area contributed by atoms with E-state index in [9.17, 15) is 23.4 Å². The van der Waals surface area contributed by atoms with Gasteiger partial charge in [-0.3, -0.25) is 0 Å². The lowest BCUT2D eigenvalue weighted by Crippen LogP contribution is -2.50. The first-order chi connectivity index (χ1) is 18.9. The zero-order valence-corrected chi connectivity index (χ0v) is 22.7. The Kier molecular flexibility index (Phi) is 9.00. The van der Waals surface area contributed by atoms with Crippen molar-refractivity contribution in [1.29, 1.82) is 0 Å². The van der Waals surface area contributed by atoms with Crippen molar-refractivity contribution in [2.24, 2.45) is 15.7 Å². The zero-order chi connectivity index (χ0) is 29.2. The number of alkyl halides is 3. The Hall–Kier alpha value is -3.23. The molecule has 214 valence electrons. The molecule has 1 aliphatic rings. The highest BCUT2D eigenvalue weighted by Crippen LogP contribution is 2.39. The van der Waals surface area contributed by atoms with E-state index < -0.39 is 48.4 Å². The molecule has 4 atom stereocenters. The number of aromatic nitrogens is 3. The molecule has 0 aliphatic carbocycles. The van der Waals surface area contributed by atoms with Crippen molar-refractivity contribution in [3.63, 3.8) is 0 Å². The van der Waals surface area contributed by atoms with Crippen LogP contribution in [0.3, 0.4) is 0 Å². The summed E-state index contributed by atoms with van der Waals surface area (Å²) in [7, 11) is 1.47. The van der Waals surface area contributed by atoms with Crippen LogP contribution in [0.5, 0.6) is 5.75 Å². The molecule has 4 rings (SSSR count). The van der Waals surface area contributed by atoms with Gasteiger partial charge in [0.15, 0.2) is 5.84 Å².